The van der Waals surface area contributed by atoms with Crippen LogP contribution in [0.3, 0.4) is 0 Å². The Morgan fingerprint density at radius 3 is 2.67 bits per heavy atom. The highest BCUT2D eigenvalue weighted by molar-refractivity contribution is 7.09. The fourth-order valence-electron chi connectivity index (χ4n) is 1.79. The first-order valence-electron chi connectivity index (χ1n) is 6.01. The Morgan fingerprint density at radius 1 is 1.28 bits per heavy atom. The van der Waals surface area contributed by atoms with E-state index in [1.54, 1.807) is 11.3 Å². The van der Waals surface area contributed by atoms with E-state index in [1.807, 2.05) is 24.3 Å². The van der Waals surface area contributed by atoms with E-state index in [4.69, 9.17) is 0 Å². The van der Waals surface area contributed by atoms with E-state index in [2.05, 4.69) is 35.8 Å². The van der Waals surface area contributed by atoms with Gasteiger partial charge in [-0.05, 0) is 30.4 Å². The number of nitriles is 1. The molecule has 1 atom stereocenters. The molecule has 0 aliphatic rings. The zero-order valence-corrected chi connectivity index (χ0v) is 11.2. The monoisotopic (exact) mass is 256 g/mol. The van der Waals surface area contributed by atoms with E-state index in [-0.39, 0.29) is 6.04 Å². The van der Waals surface area contributed by atoms with Crippen LogP contribution in [0.25, 0.3) is 0 Å². The number of hydrogen-bond acceptors (Lipinski definition) is 3. The van der Waals surface area contributed by atoms with Gasteiger partial charge in [-0.2, -0.15) is 5.26 Å². The predicted octanol–water partition coefficient (Wildman–Crippen LogP) is 3.45. The number of rotatable bonds is 5. The lowest BCUT2D eigenvalue weighted by Gasteiger charge is -2.11. The normalized spacial score (nSPS) is 12.0. The smallest absolute Gasteiger partial charge is 0.121 e. The van der Waals surface area contributed by atoms with E-state index in [1.165, 1.54) is 10.4 Å². The summed E-state index contributed by atoms with van der Waals surface area (Å²) in [6.07, 6.45) is 0.974. The molecule has 2 nitrogen and oxygen atoms in total. The van der Waals surface area contributed by atoms with Gasteiger partial charge in [-0.25, -0.2) is 0 Å². The number of benzene rings is 1. The van der Waals surface area contributed by atoms with Gasteiger partial charge in [0, 0.05) is 11.4 Å². The molecular formula is C15H16N2S. The number of nitrogens with one attached hydrogen (secondary N) is 1. The maximum Gasteiger partial charge on any atom is 0.121 e. The molecule has 0 spiro atoms. The summed E-state index contributed by atoms with van der Waals surface area (Å²) in [5.74, 6) is 0. The highest BCUT2D eigenvalue weighted by Crippen LogP contribution is 2.14. The summed E-state index contributed by atoms with van der Waals surface area (Å²) in [6.45, 7) is 2.88. The van der Waals surface area contributed by atoms with Gasteiger partial charge in [0.05, 0.1) is 6.07 Å². The van der Waals surface area contributed by atoms with Crippen molar-refractivity contribution in [3.05, 3.63) is 57.8 Å². The van der Waals surface area contributed by atoms with Crippen molar-refractivity contribution in [1.82, 2.24) is 5.32 Å². The van der Waals surface area contributed by atoms with E-state index in [0.717, 1.165) is 18.5 Å². The molecule has 1 N–H and O–H groups in total. The summed E-state index contributed by atoms with van der Waals surface area (Å²) in [6, 6.07) is 14.4. The number of nitrogens with zero attached hydrogens (tertiary/aromatic N) is 1. The molecule has 2 aromatic rings. The third kappa shape index (κ3) is 3.43. The van der Waals surface area contributed by atoms with Crippen molar-refractivity contribution in [2.45, 2.75) is 19.4 Å². The molecule has 2 rings (SSSR count). The molecule has 18 heavy (non-hydrogen) atoms. The average Bonchev–Trinajstić information content (AvgIpc) is 2.89. The molecule has 0 saturated heterocycles. The van der Waals surface area contributed by atoms with E-state index in [0.29, 0.717) is 0 Å². The molecule has 1 aromatic carbocycles. The number of thiophene rings is 1. The third-order valence-electron chi connectivity index (χ3n) is 2.84. The molecule has 3 heteroatoms. The van der Waals surface area contributed by atoms with Gasteiger partial charge in [-0.3, -0.25) is 5.32 Å². The summed E-state index contributed by atoms with van der Waals surface area (Å²) >= 11 is 1.76. The standard InChI is InChI=1S/C15H16N2S/c1-12-4-6-13(7-5-12)15(11-16)17-9-8-14-3-2-10-18-14/h2-7,10,15,17H,8-9H2,1H3. The van der Waals surface area contributed by atoms with Crippen LogP contribution < -0.4 is 5.32 Å². The summed E-state index contributed by atoms with van der Waals surface area (Å²) < 4.78 is 0. The molecule has 1 unspecified atom stereocenters. The summed E-state index contributed by atoms with van der Waals surface area (Å²) in [4.78, 5) is 1.35. The molecule has 92 valence electrons. The van der Waals surface area contributed by atoms with Crippen molar-refractivity contribution in [1.29, 1.82) is 5.26 Å². The highest BCUT2D eigenvalue weighted by atomic mass is 32.1. The van der Waals surface area contributed by atoms with Gasteiger partial charge in [0.1, 0.15) is 6.04 Å². The van der Waals surface area contributed by atoms with Crippen LogP contribution in [-0.2, 0) is 6.42 Å². The van der Waals surface area contributed by atoms with Crippen molar-refractivity contribution in [2.75, 3.05) is 6.54 Å². The molecule has 0 bridgehead atoms. The van der Waals surface area contributed by atoms with Crippen LogP contribution in [0.2, 0.25) is 0 Å². The zero-order valence-electron chi connectivity index (χ0n) is 10.4. The Morgan fingerprint density at radius 2 is 2.06 bits per heavy atom. The van der Waals surface area contributed by atoms with Crippen LogP contribution in [0, 0.1) is 18.3 Å². The number of hydrogen-bond donors (Lipinski definition) is 1. The molecular weight excluding hydrogens is 240 g/mol. The third-order valence-corrected chi connectivity index (χ3v) is 3.78. The summed E-state index contributed by atoms with van der Waals surface area (Å²) in [5, 5.41) is 14.6. The van der Waals surface area contributed by atoms with Crippen LogP contribution in [0.4, 0.5) is 0 Å². The Hall–Kier alpha value is -1.63. The average molecular weight is 256 g/mol. The summed E-state index contributed by atoms with van der Waals surface area (Å²) in [7, 11) is 0. The van der Waals surface area contributed by atoms with Gasteiger partial charge in [0.15, 0.2) is 0 Å². The lowest BCUT2D eigenvalue weighted by Crippen LogP contribution is -2.22. The quantitative estimate of drug-likeness (QED) is 0.889. The minimum Gasteiger partial charge on any atom is -0.298 e. The molecule has 0 amide bonds. The molecule has 0 fully saturated rings. The largest absolute Gasteiger partial charge is 0.298 e. The highest BCUT2D eigenvalue weighted by Gasteiger charge is 2.08. The second kappa shape index (κ2) is 6.34. The zero-order chi connectivity index (χ0) is 12.8. The van der Waals surface area contributed by atoms with Gasteiger partial charge in [0.25, 0.3) is 0 Å². The second-order valence-electron chi connectivity index (χ2n) is 4.26. The van der Waals surface area contributed by atoms with Crippen LogP contribution >= 0.6 is 11.3 Å². The maximum atomic E-state index is 9.20. The van der Waals surface area contributed by atoms with Crippen LogP contribution in [0.15, 0.2) is 41.8 Å². The SMILES string of the molecule is Cc1ccc(C(C#N)NCCc2cccs2)cc1. The maximum absolute atomic E-state index is 9.20. The first kappa shape index (κ1) is 12.8. The van der Waals surface area contributed by atoms with Gasteiger partial charge >= 0.3 is 0 Å². The Kier molecular flexibility index (Phi) is 4.52. The van der Waals surface area contributed by atoms with Crippen LogP contribution in [0.1, 0.15) is 22.0 Å². The minimum absolute atomic E-state index is 0.217. The molecule has 0 aliphatic heterocycles. The van der Waals surface area contributed by atoms with Crippen molar-refractivity contribution >= 4 is 11.3 Å². The minimum atomic E-state index is -0.217. The second-order valence-corrected chi connectivity index (χ2v) is 5.29. The lowest BCUT2D eigenvalue weighted by molar-refractivity contribution is 0.632. The lowest BCUT2D eigenvalue weighted by atomic mass is 10.1. The van der Waals surface area contributed by atoms with E-state index >= 15 is 0 Å². The van der Waals surface area contributed by atoms with E-state index < -0.39 is 0 Å². The molecule has 1 aromatic heterocycles. The molecule has 0 radical (unpaired) electrons. The number of aryl methyl sites for hydroxylation is 1. The van der Waals surface area contributed by atoms with Crippen molar-refractivity contribution in [3.63, 3.8) is 0 Å². The fraction of sp³-hybridized carbons (Fsp3) is 0.267. The van der Waals surface area contributed by atoms with Gasteiger partial charge in [0.2, 0.25) is 0 Å². The van der Waals surface area contributed by atoms with E-state index in [9.17, 15) is 5.26 Å². The molecule has 0 aliphatic carbocycles. The first-order chi connectivity index (χ1) is 8.79. The van der Waals surface area contributed by atoms with Gasteiger partial charge in [-0.1, -0.05) is 35.9 Å². The summed E-state index contributed by atoms with van der Waals surface area (Å²) in [5.41, 5.74) is 2.25. The van der Waals surface area contributed by atoms with Gasteiger partial charge in [-0.15, -0.1) is 11.3 Å². The Labute approximate surface area is 112 Å². The predicted molar refractivity (Wildman–Crippen MR) is 75.6 cm³/mol. The fourth-order valence-corrected chi connectivity index (χ4v) is 2.50. The van der Waals surface area contributed by atoms with Crippen LogP contribution in [0.5, 0.6) is 0 Å². The Balaban J connectivity index is 1.90. The van der Waals surface area contributed by atoms with Crippen molar-refractivity contribution in [3.8, 4) is 6.07 Å². The Bertz CT molecular complexity index is 508. The van der Waals surface area contributed by atoms with Gasteiger partial charge < -0.3 is 0 Å². The van der Waals surface area contributed by atoms with Crippen molar-refractivity contribution in [2.24, 2.45) is 0 Å². The topological polar surface area (TPSA) is 35.8 Å². The first-order valence-corrected chi connectivity index (χ1v) is 6.89. The van der Waals surface area contributed by atoms with Crippen molar-refractivity contribution < 1.29 is 0 Å². The molecule has 1 heterocycles. The molecule has 0 saturated carbocycles. The van der Waals surface area contributed by atoms with Crippen LogP contribution in [-0.4, -0.2) is 6.54 Å².